The van der Waals surface area contributed by atoms with Gasteiger partial charge in [0.15, 0.2) is 5.13 Å². The van der Waals surface area contributed by atoms with Gasteiger partial charge in [-0.2, -0.15) is 0 Å². The molecular formula is C23H22ClN3O5S. The molecule has 1 aliphatic rings. The van der Waals surface area contributed by atoms with Crippen molar-refractivity contribution in [2.24, 2.45) is 0 Å². The predicted octanol–water partition coefficient (Wildman–Crippen LogP) is 4.74. The third-order valence-electron chi connectivity index (χ3n) is 5.29. The highest BCUT2D eigenvalue weighted by molar-refractivity contribution is 7.16. The van der Waals surface area contributed by atoms with Gasteiger partial charge in [0.25, 0.3) is 5.91 Å². The summed E-state index contributed by atoms with van der Waals surface area (Å²) in [5.74, 6) is 0.566. The highest BCUT2D eigenvalue weighted by atomic mass is 35.5. The zero-order chi connectivity index (χ0) is 23.5. The molecular weight excluding hydrogens is 466 g/mol. The first-order valence-corrected chi connectivity index (χ1v) is 11.3. The lowest BCUT2D eigenvalue weighted by Crippen LogP contribution is -2.20. The van der Waals surface area contributed by atoms with Gasteiger partial charge in [0.1, 0.15) is 17.2 Å². The number of aromatic nitrogens is 1. The van der Waals surface area contributed by atoms with Crippen LogP contribution in [-0.2, 0) is 11.2 Å². The summed E-state index contributed by atoms with van der Waals surface area (Å²) in [6.45, 7) is 0. The summed E-state index contributed by atoms with van der Waals surface area (Å²) in [6, 6.07) is 9.96. The molecule has 1 aromatic heterocycles. The number of hydrogen-bond acceptors (Lipinski definition) is 7. The fourth-order valence-corrected chi connectivity index (χ4v) is 4.85. The van der Waals surface area contributed by atoms with Crippen LogP contribution in [0.2, 0.25) is 5.02 Å². The number of fused-ring (bicyclic) bond motifs is 1. The Morgan fingerprint density at radius 1 is 1.03 bits per heavy atom. The smallest absolute Gasteiger partial charge is 0.257 e. The molecule has 1 heterocycles. The molecule has 0 bridgehead atoms. The number of anilines is 2. The lowest BCUT2D eigenvalue weighted by molar-refractivity contribution is -0.117. The summed E-state index contributed by atoms with van der Waals surface area (Å²) < 4.78 is 15.8. The van der Waals surface area contributed by atoms with E-state index in [1.807, 2.05) is 0 Å². The van der Waals surface area contributed by atoms with Crippen LogP contribution >= 0.6 is 22.9 Å². The Labute approximate surface area is 199 Å². The Hall–Kier alpha value is -3.30. The number of nitrogens with zero attached hydrogens (tertiary/aromatic N) is 1. The maximum absolute atomic E-state index is 13.0. The zero-order valence-corrected chi connectivity index (χ0v) is 19.8. The fraction of sp³-hybridized carbons (Fsp3) is 0.261. The van der Waals surface area contributed by atoms with Gasteiger partial charge in [0.2, 0.25) is 5.91 Å². The number of rotatable bonds is 7. The number of carbonyl (C=O) groups excluding carboxylic acids is 2. The van der Waals surface area contributed by atoms with Gasteiger partial charge in [-0.05, 0) is 43.2 Å². The van der Waals surface area contributed by atoms with E-state index in [1.54, 1.807) is 36.4 Å². The number of ether oxygens (including phenoxy) is 3. The Kier molecular flexibility index (Phi) is 6.71. The van der Waals surface area contributed by atoms with Crippen LogP contribution in [0.15, 0.2) is 36.4 Å². The minimum atomic E-state index is -0.428. The second kappa shape index (κ2) is 9.68. The molecule has 1 unspecified atom stereocenters. The molecule has 10 heteroatoms. The molecule has 2 N–H and O–H groups in total. The highest BCUT2D eigenvalue weighted by Crippen LogP contribution is 2.40. The number of halogens is 1. The van der Waals surface area contributed by atoms with Crippen molar-refractivity contribution in [2.45, 2.75) is 18.8 Å². The fourth-order valence-electron chi connectivity index (χ4n) is 3.64. The van der Waals surface area contributed by atoms with Crippen molar-refractivity contribution in [3.8, 4) is 17.2 Å². The molecule has 0 saturated heterocycles. The molecule has 0 aliphatic heterocycles. The molecule has 4 rings (SSSR count). The zero-order valence-electron chi connectivity index (χ0n) is 18.2. The molecule has 0 spiro atoms. The highest BCUT2D eigenvalue weighted by Gasteiger charge is 2.33. The first kappa shape index (κ1) is 22.9. The summed E-state index contributed by atoms with van der Waals surface area (Å²) in [4.78, 5) is 31.3. The summed E-state index contributed by atoms with van der Waals surface area (Å²) in [6.07, 6.45) is 1.35. The van der Waals surface area contributed by atoms with Crippen LogP contribution in [0.4, 0.5) is 10.8 Å². The molecule has 1 aliphatic carbocycles. The van der Waals surface area contributed by atoms with Gasteiger partial charge in [-0.3, -0.25) is 14.9 Å². The molecule has 172 valence electrons. The average Bonchev–Trinajstić information content (AvgIpc) is 3.39. The van der Waals surface area contributed by atoms with Gasteiger partial charge < -0.3 is 19.5 Å². The lowest BCUT2D eigenvalue weighted by Gasteiger charge is -2.14. The number of hydrogen-bond donors (Lipinski definition) is 2. The second-order valence-corrected chi connectivity index (χ2v) is 8.83. The number of nitrogens with one attached hydrogen (secondary N) is 2. The standard InChI is InChI=1S/C23H22ClN3O5S/c1-30-14-8-12(9-15(11-14)31-2)21(28)27-23-26-20-16(5-7-19(20)33-23)22(29)25-17-10-13(24)4-6-18(17)32-3/h4,6,8-11,16H,5,7H2,1-3H3,(H,25,29)(H,26,27,28). The molecule has 8 nitrogen and oxygen atoms in total. The number of thiazole rings is 1. The van der Waals surface area contributed by atoms with Gasteiger partial charge in [0.05, 0.1) is 38.6 Å². The van der Waals surface area contributed by atoms with E-state index >= 15 is 0 Å². The maximum Gasteiger partial charge on any atom is 0.257 e. The summed E-state index contributed by atoms with van der Waals surface area (Å²) in [5.41, 5.74) is 1.56. The minimum absolute atomic E-state index is 0.199. The Morgan fingerprint density at radius 3 is 2.42 bits per heavy atom. The Bertz CT molecular complexity index is 1190. The third-order valence-corrected chi connectivity index (χ3v) is 6.57. The number of aryl methyl sites for hydroxylation is 1. The molecule has 33 heavy (non-hydrogen) atoms. The topological polar surface area (TPSA) is 98.8 Å². The van der Waals surface area contributed by atoms with E-state index in [1.165, 1.54) is 32.7 Å². The Morgan fingerprint density at radius 2 is 1.76 bits per heavy atom. The number of carbonyl (C=O) groups is 2. The van der Waals surface area contributed by atoms with E-state index in [-0.39, 0.29) is 11.8 Å². The summed E-state index contributed by atoms with van der Waals surface area (Å²) >= 11 is 7.44. The van der Waals surface area contributed by atoms with Gasteiger partial charge >= 0.3 is 0 Å². The van der Waals surface area contributed by atoms with Crippen molar-refractivity contribution in [3.63, 3.8) is 0 Å². The van der Waals surface area contributed by atoms with Crippen LogP contribution < -0.4 is 24.8 Å². The average molecular weight is 488 g/mol. The molecule has 0 radical (unpaired) electrons. The predicted molar refractivity (Wildman–Crippen MR) is 127 cm³/mol. The maximum atomic E-state index is 13.0. The van der Waals surface area contributed by atoms with Crippen LogP contribution in [0, 0.1) is 0 Å². The molecule has 0 saturated carbocycles. The Balaban J connectivity index is 1.50. The van der Waals surface area contributed by atoms with Crippen molar-refractivity contribution in [3.05, 3.63) is 57.6 Å². The lowest BCUT2D eigenvalue weighted by atomic mass is 10.1. The van der Waals surface area contributed by atoms with Crippen molar-refractivity contribution in [2.75, 3.05) is 32.0 Å². The van der Waals surface area contributed by atoms with Crippen molar-refractivity contribution in [1.82, 2.24) is 4.98 Å². The number of amides is 2. The SMILES string of the molecule is COc1cc(OC)cc(C(=O)Nc2nc3c(s2)CCC3C(=O)Nc2cc(Cl)ccc2OC)c1. The van der Waals surface area contributed by atoms with E-state index < -0.39 is 5.92 Å². The van der Waals surface area contributed by atoms with Crippen LogP contribution in [0.5, 0.6) is 17.2 Å². The van der Waals surface area contributed by atoms with Gasteiger partial charge in [0, 0.05) is 21.5 Å². The first-order valence-electron chi connectivity index (χ1n) is 10.1. The summed E-state index contributed by atoms with van der Waals surface area (Å²) in [5, 5.41) is 6.63. The quantitative estimate of drug-likeness (QED) is 0.499. The number of methoxy groups -OCH3 is 3. The van der Waals surface area contributed by atoms with Crippen LogP contribution in [0.3, 0.4) is 0 Å². The van der Waals surface area contributed by atoms with Crippen molar-refractivity contribution >= 4 is 45.6 Å². The van der Waals surface area contributed by atoms with Gasteiger partial charge in [-0.15, -0.1) is 11.3 Å². The number of benzene rings is 2. The van der Waals surface area contributed by atoms with E-state index in [4.69, 9.17) is 25.8 Å². The van der Waals surface area contributed by atoms with E-state index in [0.717, 1.165) is 4.88 Å². The molecule has 2 aromatic carbocycles. The summed E-state index contributed by atoms with van der Waals surface area (Å²) in [7, 11) is 4.57. The van der Waals surface area contributed by atoms with Crippen LogP contribution in [-0.4, -0.2) is 38.1 Å². The van der Waals surface area contributed by atoms with Crippen LogP contribution in [0.25, 0.3) is 0 Å². The minimum Gasteiger partial charge on any atom is -0.497 e. The van der Waals surface area contributed by atoms with E-state index in [9.17, 15) is 9.59 Å². The van der Waals surface area contributed by atoms with Crippen LogP contribution in [0.1, 0.15) is 33.3 Å². The van der Waals surface area contributed by atoms with Crippen molar-refractivity contribution < 1.29 is 23.8 Å². The van der Waals surface area contributed by atoms with E-state index in [2.05, 4.69) is 15.6 Å². The molecule has 1 atom stereocenters. The first-order chi connectivity index (χ1) is 15.9. The van der Waals surface area contributed by atoms with Crippen molar-refractivity contribution in [1.29, 1.82) is 0 Å². The van der Waals surface area contributed by atoms with Gasteiger partial charge in [-0.25, -0.2) is 4.98 Å². The molecule has 3 aromatic rings. The van der Waals surface area contributed by atoms with Gasteiger partial charge in [-0.1, -0.05) is 11.6 Å². The monoisotopic (exact) mass is 487 g/mol. The molecule has 2 amide bonds. The largest absolute Gasteiger partial charge is 0.497 e. The third kappa shape index (κ3) is 4.89. The second-order valence-electron chi connectivity index (χ2n) is 7.31. The van der Waals surface area contributed by atoms with E-state index in [0.29, 0.717) is 57.2 Å². The normalized spacial score (nSPS) is 14.4. The molecule has 0 fully saturated rings.